The summed E-state index contributed by atoms with van der Waals surface area (Å²) in [6, 6.07) is 4.96. The lowest BCUT2D eigenvalue weighted by atomic mass is 9.99. The van der Waals surface area contributed by atoms with E-state index in [1.807, 2.05) is 7.05 Å². The zero-order valence-corrected chi connectivity index (χ0v) is 15.1. The monoisotopic (exact) mass is 374 g/mol. The second-order valence-electron chi connectivity index (χ2n) is 5.81. The molecule has 1 amide bonds. The molecular formula is C16H20Cl2N2O4. The molecule has 1 aliphatic rings. The van der Waals surface area contributed by atoms with Gasteiger partial charge in [-0.25, -0.2) is 4.79 Å². The predicted molar refractivity (Wildman–Crippen MR) is 91.3 cm³/mol. The van der Waals surface area contributed by atoms with Gasteiger partial charge in [-0.3, -0.25) is 4.79 Å². The van der Waals surface area contributed by atoms with Crippen LogP contribution in [0.4, 0.5) is 4.79 Å². The lowest BCUT2D eigenvalue weighted by Crippen LogP contribution is -2.57. The molecule has 1 fully saturated rings. The minimum atomic E-state index is -1.06. The van der Waals surface area contributed by atoms with Gasteiger partial charge in [-0.1, -0.05) is 29.3 Å². The van der Waals surface area contributed by atoms with Crippen molar-refractivity contribution in [2.45, 2.75) is 25.0 Å². The molecule has 1 N–H and O–H groups in total. The van der Waals surface area contributed by atoms with Crippen molar-refractivity contribution in [2.75, 3.05) is 27.2 Å². The highest BCUT2D eigenvalue weighted by Crippen LogP contribution is 2.25. The van der Waals surface area contributed by atoms with Crippen LogP contribution in [0.2, 0.25) is 10.0 Å². The summed E-state index contributed by atoms with van der Waals surface area (Å²) in [7, 11) is 3.21. The van der Waals surface area contributed by atoms with Gasteiger partial charge in [-0.15, -0.1) is 0 Å². The Morgan fingerprint density at radius 1 is 1.29 bits per heavy atom. The van der Waals surface area contributed by atoms with Crippen molar-refractivity contribution in [1.29, 1.82) is 0 Å². The normalized spacial score (nSPS) is 17.2. The summed E-state index contributed by atoms with van der Waals surface area (Å²) in [5.74, 6) is -0.285. The van der Waals surface area contributed by atoms with Crippen LogP contribution in [0.1, 0.15) is 18.4 Å². The van der Waals surface area contributed by atoms with Crippen LogP contribution in [0.3, 0.4) is 0 Å². The summed E-state index contributed by atoms with van der Waals surface area (Å²) >= 11 is 12.0. The Bertz CT molecular complexity index is 616. The number of halogens is 2. The Morgan fingerprint density at radius 3 is 2.54 bits per heavy atom. The first kappa shape index (κ1) is 18.8. The highest BCUT2D eigenvalue weighted by atomic mass is 35.5. The van der Waals surface area contributed by atoms with E-state index in [2.05, 4.69) is 15.0 Å². The van der Waals surface area contributed by atoms with Gasteiger partial charge in [0.05, 0.1) is 13.5 Å². The fraction of sp³-hybridized carbons (Fsp3) is 0.500. The number of rotatable bonds is 4. The maximum absolute atomic E-state index is 12.4. The van der Waals surface area contributed by atoms with E-state index in [4.69, 9.17) is 27.9 Å². The van der Waals surface area contributed by atoms with Crippen molar-refractivity contribution < 1.29 is 19.1 Å². The molecule has 0 atom stereocenters. The molecule has 24 heavy (non-hydrogen) atoms. The molecule has 1 saturated heterocycles. The molecule has 8 heteroatoms. The Hall–Kier alpha value is -1.50. The van der Waals surface area contributed by atoms with E-state index < -0.39 is 11.9 Å². The fourth-order valence-corrected chi connectivity index (χ4v) is 3.05. The van der Waals surface area contributed by atoms with Gasteiger partial charge < -0.3 is 19.7 Å². The molecule has 0 unspecified atom stereocenters. The van der Waals surface area contributed by atoms with Crippen LogP contribution < -0.4 is 5.32 Å². The van der Waals surface area contributed by atoms with E-state index in [9.17, 15) is 9.59 Å². The third-order valence-electron chi connectivity index (χ3n) is 3.97. The second kappa shape index (κ2) is 8.05. The smallest absolute Gasteiger partial charge is 0.438 e. The third-order valence-corrected chi connectivity index (χ3v) is 4.56. The molecule has 0 aromatic heterocycles. The van der Waals surface area contributed by atoms with Crippen molar-refractivity contribution in [1.82, 2.24) is 10.2 Å². The fourth-order valence-electron chi connectivity index (χ4n) is 2.57. The van der Waals surface area contributed by atoms with Crippen LogP contribution in [0, 0.1) is 0 Å². The van der Waals surface area contributed by atoms with E-state index in [0.717, 1.165) is 0 Å². The van der Waals surface area contributed by atoms with E-state index >= 15 is 0 Å². The van der Waals surface area contributed by atoms with Gasteiger partial charge in [0, 0.05) is 36.0 Å². The number of methoxy groups -OCH3 is 1. The zero-order valence-electron chi connectivity index (χ0n) is 13.6. The molecular weight excluding hydrogens is 355 g/mol. The average molecular weight is 375 g/mol. The number of carbonyl (C=O) groups is 2. The van der Waals surface area contributed by atoms with Gasteiger partial charge >= 0.3 is 6.16 Å². The second-order valence-corrected chi connectivity index (χ2v) is 6.66. The number of amides is 1. The predicted octanol–water partition coefficient (Wildman–Crippen LogP) is 2.86. The standard InChI is InChI=1S/C16H20Cl2N2O4/c1-20-7-5-16(6-8-20,24-15(22)23-2)19-14(21)9-11-3-4-12(17)10-13(11)18/h3-4,10H,5-9H2,1-2H3,(H,19,21). The maximum atomic E-state index is 12.4. The number of benzene rings is 1. The SMILES string of the molecule is COC(=O)OC1(NC(=O)Cc2ccc(Cl)cc2Cl)CCN(C)CC1. The molecule has 0 bridgehead atoms. The maximum Gasteiger partial charge on any atom is 0.510 e. The highest BCUT2D eigenvalue weighted by molar-refractivity contribution is 6.35. The van der Waals surface area contributed by atoms with E-state index in [0.29, 0.717) is 41.5 Å². The third kappa shape index (κ3) is 5.00. The Kier molecular flexibility index (Phi) is 6.32. The van der Waals surface area contributed by atoms with Crippen molar-refractivity contribution in [3.05, 3.63) is 33.8 Å². The van der Waals surface area contributed by atoms with Crippen molar-refractivity contribution in [3.8, 4) is 0 Å². The summed E-state index contributed by atoms with van der Waals surface area (Å²) in [5, 5.41) is 3.75. The first-order chi connectivity index (χ1) is 11.3. The van der Waals surface area contributed by atoms with Gasteiger partial charge in [-0.05, 0) is 24.7 Å². The molecule has 6 nitrogen and oxygen atoms in total. The molecule has 1 aliphatic heterocycles. The quantitative estimate of drug-likeness (QED) is 0.648. The molecule has 2 rings (SSSR count). The number of likely N-dealkylation sites (tertiary alicyclic amines) is 1. The van der Waals surface area contributed by atoms with Crippen LogP contribution in [0.5, 0.6) is 0 Å². The van der Waals surface area contributed by atoms with Crippen LogP contribution in [-0.4, -0.2) is 49.9 Å². The van der Waals surface area contributed by atoms with Gasteiger partial charge in [-0.2, -0.15) is 0 Å². The summed E-state index contributed by atoms with van der Waals surface area (Å²) in [6.45, 7) is 1.39. The Labute approximate surface area is 151 Å². The van der Waals surface area contributed by atoms with Crippen LogP contribution >= 0.6 is 23.2 Å². The van der Waals surface area contributed by atoms with Gasteiger partial charge in [0.1, 0.15) is 0 Å². The first-order valence-electron chi connectivity index (χ1n) is 7.54. The molecule has 0 saturated carbocycles. The molecule has 1 heterocycles. The first-order valence-corrected chi connectivity index (χ1v) is 8.29. The lowest BCUT2D eigenvalue weighted by molar-refractivity contribution is -0.134. The largest absolute Gasteiger partial charge is 0.510 e. The molecule has 0 radical (unpaired) electrons. The number of carbonyl (C=O) groups excluding carboxylic acids is 2. The lowest BCUT2D eigenvalue weighted by Gasteiger charge is -2.39. The summed E-state index contributed by atoms with van der Waals surface area (Å²) < 4.78 is 9.94. The number of nitrogens with one attached hydrogen (secondary N) is 1. The average Bonchev–Trinajstić information content (AvgIpc) is 2.53. The molecule has 0 spiro atoms. The Morgan fingerprint density at radius 2 is 1.96 bits per heavy atom. The topological polar surface area (TPSA) is 67.9 Å². The van der Waals surface area contributed by atoms with Crippen molar-refractivity contribution in [2.24, 2.45) is 0 Å². The number of piperidine rings is 1. The van der Waals surface area contributed by atoms with Gasteiger partial charge in [0.25, 0.3) is 0 Å². The summed E-state index contributed by atoms with van der Waals surface area (Å²) in [6.07, 6.45) is 0.222. The van der Waals surface area contributed by atoms with Crippen LogP contribution in [0.25, 0.3) is 0 Å². The molecule has 1 aromatic rings. The Balaban J connectivity index is 2.07. The number of hydrogen-bond acceptors (Lipinski definition) is 5. The summed E-state index contributed by atoms with van der Waals surface area (Å²) in [5.41, 5.74) is -0.407. The molecule has 1 aromatic carbocycles. The highest BCUT2D eigenvalue weighted by Gasteiger charge is 2.39. The minimum Gasteiger partial charge on any atom is -0.438 e. The van der Waals surface area contributed by atoms with Crippen molar-refractivity contribution >= 4 is 35.3 Å². The van der Waals surface area contributed by atoms with Crippen LogP contribution in [-0.2, 0) is 20.7 Å². The molecule has 132 valence electrons. The van der Waals surface area contributed by atoms with Gasteiger partial charge in [0.2, 0.25) is 5.91 Å². The van der Waals surface area contributed by atoms with E-state index in [-0.39, 0.29) is 12.3 Å². The van der Waals surface area contributed by atoms with Gasteiger partial charge in [0.15, 0.2) is 5.72 Å². The van der Waals surface area contributed by atoms with Crippen LogP contribution in [0.15, 0.2) is 18.2 Å². The number of nitrogens with zero attached hydrogens (tertiary/aromatic N) is 1. The zero-order chi connectivity index (χ0) is 17.7. The number of ether oxygens (including phenoxy) is 2. The van der Waals surface area contributed by atoms with Crippen molar-refractivity contribution in [3.63, 3.8) is 0 Å². The van der Waals surface area contributed by atoms with E-state index in [1.54, 1.807) is 18.2 Å². The molecule has 0 aliphatic carbocycles. The number of hydrogen-bond donors (Lipinski definition) is 1. The minimum absolute atomic E-state index is 0.0676. The summed E-state index contributed by atoms with van der Waals surface area (Å²) in [4.78, 5) is 26.1. The van der Waals surface area contributed by atoms with E-state index in [1.165, 1.54) is 7.11 Å².